The summed E-state index contributed by atoms with van der Waals surface area (Å²) < 4.78 is 12.4. The van der Waals surface area contributed by atoms with E-state index in [2.05, 4.69) is 27.1 Å². The van der Waals surface area contributed by atoms with E-state index in [1.165, 1.54) is 42.5 Å². The van der Waals surface area contributed by atoms with Crippen LogP contribution < -0.4 is 20.9 Å². The van der Waals surface area contributed by atoms with Gasteiger partial charge >= 0.3 is 18.1 Å². The van der Waals surface area contributed by atoms with Crippen molar-refractivity contribution in [1.29, 1.82) is 0 Å². The zero-order valence-electron chi connectivity index (χ0n) is 38.3. The van der Waals surface area contributed by atoms with Gasteiger partial charge in [-0.3, -0.25) is 29.4 Å². The maximum atomic E-state index is 16.6. The first-order valence-electron chi connectivity index (χ1n) is 23.0. The molecule has 72 heavy (non-hydrogen) atoms. The number of benzene rings is 5. The number of imide groups is 1. The van der Waals surface area contributed by atoms with E-state index in [4.69, 9.17) is 15.2 Å². The molecule has 19 nitrogen and oxygen atoms in total. The summed E-state index contributed by atoms with van der Waals surface area (Å²) in [7, 11) is 0. The molecular formula is C53H45N9O10. The molecule has 0 saturated carbocycles. The van der Waals surface area contributed by atoms with Crippen molar-refractivity contribution in [3.8, 4) is 17.6 Å². The number of nitro groups is 1. The number of nitrogens with two attached hydrogens (primary N) is 1. The number of amides is 5. The molecule has 19 heteroatoms. The highest BCUT2D eigenvalue weighted by Gasteiger charge is 2.76. The standard InChI is InChI=1S/C53H45N9O10/c54-50(67)55-24-7-9-33-16-23-41-40(31-33)53(49(66)60(41)52(68)71-32-34-14-19-38(20-15-34)62(69)70)42(47(64)58-27-29-59(30-28-58)51-56-25-8-26-57-51)44-48(65)72-45(36-12-5-2-6-13-36)43(35-10-3-1-4-11-35)61(44)46(53)37-17-21-39(63)22-18-37/h1-6,8,10-23,25-26,31,42-46,63H,24,27-30,32H2,(H3,54,55,67)/t42-,43-,44-,45+,46+,53-/m0/s1. The summed E-state index contributed by atoms with van der Waals surface area (Å²) >= 11 is 0. The molecule has 5 amide bonds. The number of nitro benzene ring substituents is 1. The molecule has 0 bridgehead atoms. The fourth-order valence-corrected chi connectivity index (χ4v) is 10.6. The van der Waals surface area contributed by atoms with Crippen LogP contribution >= 0.6 is 0 Å². The number of primary amides is 1. The highest BCUT2D eigenvalue weighted by atomic mass is 16.6. The van der Waals surface area contributed by atoms with E-state index in [1.54, 1.807) is 47.6 Å². The molecule has 1 aromatic heterocycles. The van der Waals surface area contributed by atoms with E-state index in [9.17, 15) is 24.8 Å². The molecule has 6 atom stereocenters. The van der Waals surface area contributed by atoms with Crippen LogP contribution in [0.5, 0.6) is 5.75 Å². The minimum atomic E-state index is -2.15. The first-order chi connectivity index (χ1) is 34.9. The number of aromatic hydroxyl groups is 1. The number of urea groups is 1. The second kappa shape index (κ2) is 19.3. The first-order valence-corrected chi connectivity index (χ1v) is 23.0. The van der Waals surface area contributed by atoms with E-state index in [0.29, 0.717) is 46.9 Å². The number of carbonyl (C=O) groups excluding carboxylic acids is 5. The Balaban J connectivity index is 1.20. The van der Waals surface area contributed by atoms with Crippen molar-refractivity contribution in [2.24, 2.45) is 11.7 Å². The van der Waals surface area contributed by atoms with Crippen molar-refractivity contribution in [2.45, 2.75) is 36.3 Å². The van der Waals surface area contributed by atoms with Gasteiger partial charge in [0.05, 0.1) is 35.2 Å². The highest BCUT2D eigenvalue weighted by molar-refractivity contribution is 6.23. The van der Waals surface area contributed by atoms with Crippen LogP contribution in [-0.4, -0.2) is 98.5 Å². The largest absolute Gasteiger partial charge is 0.508 e. The van der Waals surface area contributed by atoms with Gasteiger partial charge in [-0.1, -0.05) is 84.6 Å². The number of esters is 1. The lowest BCUT2D eigenvalue weighted by Crippen LogP contribution is -2.59. The van der Waals surface area contributed by atoms with E-state index < -0.39 is 77.0 Å². The van der Waals surface area contributed by atoms with Crippen LogP contribution in [0.3, 0.4) is 0 Å². The van der Waals surface area contributed by atoms with E-state index in [-0.39, 0.29) is 42.3 Å². The molecule has 0 radical (unpaired) electrons. The fraction of sp³-hybridized carbons (Fsp3) is 0.226. The number of non-ortho nitro benzene ring substituents is 1. The predicted molar refractivity (Wildman–Crippen MR) is 259 cm³/mol. The molecule has 0 unspecified atom stereocenters. The number of anilines is 2. The minimum Gasteiger partial charge on any atom is -0.508 e. The Morgan fingerprint density at radius 3 is 2.15 bits per heavy atom. The maximum absolute atomic E-state index is 16.6. The summed E-state index contributed by atoms with van der Waals surface area (Å²) in [5.41, 5.74) is 5.69. The van der Waals surface area contributed by atoms with Gasteiger partial charge in [-0.05, 0) is 76.3 Å². The summed E-state index contributed by atoms with van der Waals surface area (Å²) in [6.45, 7) is 0.381. The zero-order chi connectivity index (χ0) is 50.1. The number of ether oxygens (including phenoxy) is 2. The summed E-state index contributed by atoms with van der Waals surface area (Å²) in [6.07, 6.45) is 1.15. The maximum Gasteiger partial charge on any atom is 0.421 e. The molecule has 362 valence electrons. The summed E-state index contributed by atoms with van der Waals surface area (Å²) in [4.78, 5) is 101. The van der Waals surface area contributed by atoms with Gasteiger partial charge in [0, 0.05) is 56.3 Å². The number of piperazine rings is 1. The predicted octanol–water partition coefficient (Wildman–Crippen LogP) is 5.46. The Labute approximate surface area is 411 Å². The van der Waals surface area contributed by atoms with Crippen LogP contribution in [0.4, 0.5) is 26.9 Å². The smallest absolute Gasteiger partial charge is 0.421 e. The van der Waals surface area contributed by atoms with Crippen LogP contribution in [0.1, 0.15) is 51.6 Å². The van der Waals surface area contributed by atoms with E-state index in [0.717, 1.165) is 4.90 Å². The number of phenols is 1. The number of phenolic OH excluding ortho intramolecular Hbond substituents is 1. The zero-order valence-corrected chi connectivity index (χ0v) is 38.3. The van der Waals surface area contributed by atoms with Crippen molar-refractivity contribution in [3.63, 3.8) is 0 Å². The molecule has 4 N–H and O–H groups in total. The molecule has 0 aliphatic carbocycles. The highest BCUT2D eigenvalue weighted by Crippen LogP contribution is 2.66. The van der Waals surface area contributed by atoms with Crippen molar-refractivity contribution in [1.82, 2.24) is 25.1 Å². The van der Waals surface area contributed by atoms with Gasteiger partial charge in [-0.25, -0.2) is 24.5 Å². The summed E-state index contributed by atoms with van der Waals surface area (Å²) in [5.74, 6) is 2.43. The molecule has 1 spiro atoms. The molecule has 4 aliphatic heterocycles. The minimum absolute atomic E-state index is 0.0474. The second-order valence-corrected chi connectivity index (χ2v) is 17.6. The van der Waals surface area contributed by atoms with Crippen LogP contribution in [0.2, 0.25) is 0 Å². The van der Waals surface area contributed by atoms with E-state index in [1.807, 2.05) is 70.5 Å². The number of nitrogens with one attached hydrogen (secondary N) is 1. The van der Waals surface area contributed by atoms with Crippen LogP contribution in [0, 0.1) is 27.9 Å². The third-order valence-electron chi connectivity index (χ3n) is 13.6. The molecule has 5 heterocycles. The molecule has 3 fully saturated rings. The fourth-order valence-electron chi connectivity index (χ4n) is 10.6. The number of nitrogens with zero attached hydrogens (tertiary/aromatic N) is 7. The molecule has 6 aromatic rings. The Hall–Kier alpha value is -9.15. The first kappa shape index (κ1) is 46.6. The Bertz CT molecular complexity index is 3130. The van der Waals surface area contributed by atoms with Gasteiger partial charge in [0.2, 0.25) is 17.8 Å². The van der Waals surface area contributed by atoms with Gasteiger partial charge < -0.3 is 35.4 Å². The molecular weight excluding hydrogens is 923 g/mol. The van der Waals surface area contributed by atoms with Crippen molar-refractivity contribution in [2.75, 3.05) is 42.5 Å². The van der Waals surface area contributed by atoms with Crippen LogP contribution in [0.25, 0.3) is 0 Å². The number of carbonyl (C=O) groups is 5. The SMILES string of the molecule is NC(=O)NCC#Cc1ccc2c(c1)[C@]1(C(=O)N2C(=O)OCc2ccc([N+](=O)[O-])cc2)[C@H](C(=O)N2CCN(c3ncccn3)CC2)[C@H]2C(=O)O[C@H](c3ccccc3)[C@H](c3ccccc3)N2[C@@H]1c1ccc(O)cc1. The Kier molecular flexibility index (Phi) is 12.5. The van der Waals surface area contributed by atoms with Crippen LogP contribution in [-0.2, 0) is 35.9 Å². The van der Waals surface area contributed by atoms with Crippen LogP contribution in [0.15, 0.2) is 146 Å². The van der Waals surface area contributed by atoms with Crippen molar-refractivity contribution >= 4 is 47.2 Å². The van der Waals surface area contributed by atoms with Crippen molar-refractivity contribution in [3.05, 3.63) is 189 Å². The number of fused-ring (bicyclic) bond motifs is 3. The van der Waals surface area contributed by atoms with Gasteiger partial charge in [0.15, 0.2) is 0 Å². The monoisotopic (exact) mass is 967 g/mol. The van der Waals surface area contributed by atoms with Crippen molar-refractivity contribution < 1.29 is 43.5 Å². The lowest BCUT2D eigenvalue weighted by atomic mass is 9.65. The van der Waals surface area contributed by atoms with E-state index >= 15 is 14.4 Å². The number of morpholine rings is 1. The normalized spacial score (nSPS) is 22.3. The number of rotatable bonds is 9. The molecule has 3 saturated heterocycles. The summed E-state index contributed by atoms with van der Waals surface area (Å²) in [5, 5.41) is 24.6. The number of cyclic esters (lactones) is 1. The van der Waals surface area contributed by atoms with Gasteiger partial charge in [-0.15, -0.1) is 0 Å². The Morgan fingerprint density at radius 1 is 0.833 bits per heavy atom. The third-order valence-corrected chi connectivity index (χ3v) is 13.6. The second-order valence-electron chi connectivity index (χ2n) is 17.6. The van der Waals surface area contributed by atoms with Gasteiger partial charge in [0.1, 0.15) is 29.9 Å². The van der Waals surface area contributed by atoms with Gasteiger partial charge in [0.25, 0.3) is 5.69 Å². The third kappa shape index (κ3) is 8.32. The molecule has 10 rings (SSSR count). The lowest BCUT2D eigenvalue weighted by Gasteiger charge is -2.46. The lowest BCUT2D eigenvalue weighted by molar-refractivity contribution is -0.384. The summed E-state index contributed by atoms with van der Waals surface area (Å²) in [6, 6.07) is 32.1. The number of hydrogen-bond acceptors (Lipinski definition) is 14. The average molecular weight is 968 g/mol. The quantitative estimate of drug-likeness (QED) is 0.0706. The topological polar surface area (TPSA) is 244 Å². The average Bonchev–Trinajstić information content (AvgIpc) is 3.86. The number of aromatic nitrogens is 2. The van der Waals surface area contributed by atoms with Gasteiger partial charge in [-0.2, -0.15) is 0 Å². The molecule has 4 aliphatic rings. The Morgan fingerprint density at radius 2 is 1.50 bits per heavy atom. The number of hydrogen-bond donors (Lipinski definition) is 3. The molecule has 5 aromatic carbocycles.